The zero-order chi connectivity index (χ0) is 17.8. The van der Waals surface area contributed by atoms with Gasteiger partial charge >= 0.3 is 5.69 Å². The number of hydrogen-bond donors (Lipinski definition) is 2. The molecule has 2 atom stereocenters. The molecular formula is C18H25N5O2. The molecule has 0 radical (unpaired) electrons. The van der Waals surface area contributed by atoms with E-state index in [0.29, 0.717) is 5.92 Å². The second-order valence-electron chi connectivity index (χ2n) is 6.58. The van der Waals surface area contributed by atoms with E-state index >= 15 is 0 Å². The van der Waals surface area contributed by atoms with Crippen LogP contribution in [0.25, 0.3) is 5.69 Å². The largest absolute Gasteiger partial charge is 0.489 e. The Morgan fingerprint density at radius 2 is 2.08 bits per heavy atom. The number of nitrogen functional groups attached to an aromatic ring is 1. The maximum atomic E-state index is 11.9. The molecule has 1 saturated heterocycles. The fraction of sp³-hybridized carbons (Fsp3) is 0.444. The Hall–Kier alpha value is -2.38. The van der Waals surface area contributed by atoms with Gasteiger partial charge in [0.15, 0.2) is 0 Å². The van der Waals surface area contributed by atoms with Gasteiger partial charge in [-0.1, -0.05) is 0 Å². The van der Waals surface area contributed by atoms with Crippen LogP contribution in [0.5, 0.6) is 5.75 Å². The highest BCUT2D eigenvalue weighted by molar-refractivity contribution is 5.38. The summed E-state index contributed by atoms with van der Waals surface area (Å²) >= 11 is 0. The third kappa shape index (κ3) is 4.37. The zero-order valence-electron chi connectivity index (χ0n) is 14.5. The van der Waals surface area contributed by atoms with Gasteiger partial charge in [0.05, 0.1) is 5.69 Å². The first-order valence-corrected chi connectivity index (χ1v) is 8.60. The van der Waals surface area contributed by atoms with E-state index in [2.05, 4.69) is 16.8 Å². The van der Waals surface area contributed by atoms with Crippen LogP contribution < -0.4 is 21.9 Å². The summed E-state index contributed by atoms with van der Waals surface area (Å²) in [5, 5.41) is 0. The van der Waals surface area contributed by atoms with Gasteiger partial charge in [-0.05, 0) is 62.7 Å². The summed E-state index contributed by atoms with van der Waals surface area (Å²) in [4.78, 5) is 18.0. The normalized spacial score (nSPS) is 19.0. The molecule has 1 aliphatic heterocycles. The Labute approximate surface area is 147 Å². The van der Waals surface area contributed by atoms with Crippen LogP contribution in [0.1, 0.15) is 13.3 Å². The average Bonchev–Trinajstić information content (AvgIpc) is 3.03. The predicted molar refractivity (Wildman–Crippen MR) is 97.9 cm³/mol. The number of ether oxygens (including phenoxy) is 1. The smallest absolute Gasteiger partial charge is 0.354 e. The van der Waals surface area contributed by atoms with E-state index in [0.717, 1.165) is 37.6 Å². The van der Waals surface area contributed by atoms with Gasteiger partial charge < -0.3 is 16.2 Å². The number of anilines is 1. The second-order valence-corrected chi connectivity index (χ2v) is 6.58. The summed E-state index contributed by atoms with van der Waals surface area (Å²) < 4.78 is 7.43. The van der Waals surface area contributed by atoms with Crippen molar-refractivity contribution in [1.29, 1.82) is 0 Å². The van der Waals surface area contributed by atoms with Gasteiger partial charge in [0.2, 0.25) is 0 Å². The third-order valence-electron chi connectivity index (χ3n) is 4.50. The van der Waals surface area contributed by atoms with E-state index < -0.39 is 5.69 Å². The monoisotopic (exact) mass is 343 g/mol. The molecule has 25 heavy (non-hydrogen) atoms. The van der Waals surface area contributed by atoms with Gasteiger partial charge in [-0.25, -0.2) is 4.79 Å². The summed E-state index contributed by atoms with van der Waals surface area (Å²) in [5.41, 5.74) is 11.6. The lowest BCUT2D eigenvalue weighted by atomic mass is 10.1. The third-order valence-corrected chi connectivity index (χ3v) is 4.50. The van der Waals surface area contributed by atoms with E-state index in [4.69, 9.17) is 16.2 Å². The minimum absolute atomic E-state index is 0.0864. The molecule has 3 rings (SSSR count). The second kappa shape index (κ2) is 7.67. The molecule has 134 valence electrons. The van der Waals surface area contributed by atoms with Crippen molar-refractivity contribution in [2.45, 2.75) is 19.4 Å². The van der Waals surface area contributed by atoms with Crippen LogP contribution in [-0.2, 0) is 0 Å². The van der Waals surface area contributed by atoms with Gasteiger partial charge in [0.1, 0.15) is 17.7 Å². The number of nitrogens with zero attached hydrogens (tertiary/aromatic N) is 3. The van der Waals surface area contributed by atoms with Crippen molar-refractivity contribution < 1.29 is 4.74 Å². The minimum atomic E-state index is -0.398. The molecule has 1 aromatic heterocycles. The minimum Gasteiger partial charge on any atom is -0.489 e. The maximum Gasteiger partial charge on any atom is 0.354 e. The Balaban J connectivity index is 1.60. The number of benzene rings is 1. The molecule has 0 saturated carbocycles. The highest BCUT2D eigenvalue weighted by Gasteiger charge is 2.22. The van der Waals surface area contributed by atoms with Gasteiger partial charge in [-0.15, -0.1) is 0 Å². The molecule has 1 aromatic carbocycles. The molecule has 1 aliphatic rings. The van der Waals surface area contributed by atoms with E-state index in [9.17, 15) is 4.79 Å². The average molecular weight is 343 g/mol. The van der Waals surface area contributed by atoms with Crippen molar-refractivity contribution in [3.63, 3.8) is 0 Å². The first kappa shape index (κ1) is 17.4. The summed E-state index contributed by atoms with van der Waals surface area (Å²) in [5.74, 6) is 1.61. The lowest BCUT2D eigenvalue weighted by Gasteiger charge is -2.22. The summed E-state index contributed by atoms with van der Waals surface area (Å²) in [6.07, 6.45) is 2.87. The molecule has 0 spiro atoms. The van der Waals surface area contributed by atoms with Crippen molar-refractivity contribution in [3.05, 3.63) is 47.0 Å². The molecule has 2 unspecified atom stereocenters. The number of hydrogen-bond acceptors (Lipinski definition) is 6. The molecular weight excluding hydrogens is 318 g/mol. The van der Waals surface area contributed by atoms with Crippen LogP contribution in [0, 0.1) is 5.92 Å². The number of aromatic nitrogens is 2. The first-order chi connectivity index (χ1) is 12.0. The van der Waals surface area contributed by atoms with Gasteiger partial charge in [-0.2, -0.15) is 4.98 Å². The number of nitrogens with two attached hydrogens (primary N) is 2. The molecule has 2 heterocycles. The van der Waals surface area contributed by atoms with Crippen molar-refractivity contribution >= 4 is 5.82 Å². The van der Waals surface area contributed by atoms with Crippen molar-refractivity contribution in [2.24, 2.45) is 11.7 Å². The van der Waals surface area contributed by atoms with Crippen molar-refractivity contribution in [1.82, 2.24) is 14.5 Å². The molecule has 4 N–H and O–H groups in total. The first-order valence-electron chi connectivity index (χ1n) is 8.60. The van der Waals surface area contributed by atoms with E-state index in [1.165, 1.54) is 11.0 Å². The van der Waals surface area contributed by atoms with E-state index in [1.54, 1.807) is 12.3 Å². The Kier molecular flexibility index (Phi) is 5.35. The van der Waals surface area contributed by atoms with Crippen LogP contribution in [0.3, 0.4) is 0 Å². The molecule has 7 nitrogen and oxygen atoms in total. The van der Waals surface area contributed by atoms with E-state index in [-0.39, 0.29) is 11.9 Å². The van der Waals surface area contributed by atoms with Crippen molar-refractivity contribution in [3.8, 4) is 11.4 Å². The fourth-order valence-electron chi connectivity index (χ4n) is 3.20. The highest BCUT2D eigenvalue weighted by atomic mass is 16.5. The van der Waals surface area contributed by atoms with Gasteiger partial charge in [0.25, 0.3) is 0 Å². The van der Waals surface area contributed by atoms with Crippen LogP contribution in [0.2, 0.25) is 0 Å². The molecule has 1 fully saturated rings. The molecule has 7 heteroatoms. The summed E-state index contributed by atoms with van der Waals surface area (Å²) in [6.45, 7) is 5.85. The summed E-state index contributed by atoms with van der Waals surface area (Å²) in [7, 11) is 0. The van der Waals surface area contributed by atoms with E-state index in [1.807, 2.05) is 24.3 Å². The lowest BCUT2D eigenvalue weighted by Crippen LogP contribution is -2.33. The topological polar surface area (TPSA) is 99.4 Å². The Morgan fingerprint density at radius 3 is 2.72 bits per heavy atom. The molecule has 0 bridgehead atoms. The van der Waals surface area contributed by atoms with Crippen LogP contribution in [0.15, 0.2) is 41.3 Å². The summed E-state index contributed by atoms with van der Waals surface area (Å²) in [6, 6.07) is 8.99. The van der Waals surface area contributed by atoms with Crippen LogP contribution in [-0.4, -0.2) is 46.7 Å². The van der Waals surface area contributed by atoms with Crippen molar-refractivity contribution in [2.75, 3.05) is 31.9 Å². The SMILES string of the molecule is CC(CN1CCC(CN)C1)Oc1ccc(-n2ccc(N)nc2=O)cc1. The number of likely N-dealkylation sites (tertiary alicyclic amines) is 1. The molecule has 0 aliphatic carbocycles. The van der Waals surface area contributed by atoms with Crippen LogP contribution in [0.4, 0.5) is 5.82 Å². The standard InChI is InChI=1S/C18H25N5O2/c1-13(11-22-8-6-14(10-19)12-22)25-16-4-2-15(3-5-16)23-9-7-17(20)21-18(23)24/h2-5,7,9,13-14H,6,8,10-12,19H2,1H3,(H2,20,21,24). The molecule has 0 amide bonds. The lowest BCUT2D eigenvalue weighted by molar-refractivity contribution is 0.159. The zero-order valence-corrected chi connectivity index (χ0v) is 14.5. The Morgan fingerprint density at radius 1 is 1.32 bits per heavy atom. The highest BCUT2D eigenvalue weighted by Crippen LogP contribution is 2.18. The quantitative estimate of drug-likeness (QED) is 0.807. The molecule has 2 aromatic rings. The Bertz CT molecular complexity index is 759. The maximum absolute atomic E-state index is 11.9. The van der Waals surface area contributed by atoms with Crippen LogP contribution >= 0.6 is 0 Å². The van der Waals surface area contributed by atoms with Gasteiger partial charge in [0, 0.05) is 19.3 Å². The van der Waals surface area contributed by atoms with Gasteiger partial charge in [-0.3, -0.25) is 9.47 Å². The fourth-order valence-corrected chi connectivity index (χ4v) is 3.20. The predicted octanol–water partition coefficient (Wildman–Crippen LogP) is 0.863. The number of rotatable bonds is 6.